The van der Waals surface area contributed by atoms with Gasteiger partial charge in [-0.1, -0.05) is 237 Å². The predicted molar refractivity (Wildman–Crippen MR) is 498 cm³/mol. The van der Waals surface area contributed by atoms with Crippen molar-refractivity contribution in [1.82, 2.24) is 74.8 Å². The molecule has 0 unspecified atom stereocenters. The summed E-state index contributed by atoms with van der Waals surface area (Å²) in [6.07, 6.45) is 16.5. The Morgan fingerprint density at radius 1 is 0.189 bits per heavy atom. The molecule has 594 valence electrons. The number of aromatic nitrogens is 15. The van der Waals surface area contributed by atoms with Gasteiger partial charge in [0.05, 0.1) is 68.0 Å². The van der Waals surface area contributed by atoms with E-state index in [9.17, 15) is 0 Å². The molecular formula is C107H91N15. The molecule has 15 heteroatoms. The maximum Gasteiger partial charge on any atom is 0.160 e. The molecular weight excluding hydrogens is 1500 g/mol. The lowest BCUT2D eigenvalue weighted by molar-refractivity contribution is 1.05. The van der Waals surface area contributed by atoms with Gasteiger partial charge < -0.3 is 0 Å². The van der Waals surface area contributed by atoms with Gasteiger partial charge in [-0.3, -0.25) is 34.9 Å². The van der Waals surface area contributed by atoms with Gasteiger partial charge in [0.15, 0.2) is 5.82 Å². The number of pyridine rings is 7. The number of para-hydroxylation sites is 2. The molecule has 0 aliphatic carbocycles. The van der Waals surface area contributed by atoms with Gasteiger partial charge in [-0.25, -0.2) is 39.9 Å². The maximum absolute atomic E-state index is 4.66. The molecule has 0 aliphatic rings. The summed E-state index contributed by atoms with van der Waals surface area (Å²) in [5.41, 5.74) is 25.0. The second-order valence-corrected chi connectivity index (χ2v) is 28.4. The van der Waals surface area contributed by atoms with E-state index in [0.717, 1.165) is 130 Å². The van der Waals surface area contributed by atoms with E-state index in [0.29, 0.717) is 5.82 Å². The van der Waals surface area contributed by atoms with Crippen molar-refractivity contribution in [1.29, 1.82) is 0 Å². The molecule has 20 rings (SSSR count). The van der Waals surface area contributed by atoms with E-state index in [-0.39, 0.29) is 0 Å². The van der Waals surface area contributed by atoms with E-state index in [2.05, 4.69) is 193 Å². The molecule has 0 spiro atoms. The van der Waals surface area contributed by atoms with Crippen LogP contribution in [-0.4, -0.2) is 74.8 Å². The van der Waals surface area contributed by atoms with Gasteiger partial charge in [0.2, 0.25) is 0 Å². The van der Waals surface area contributed by atoms with E-state index in [4.69, 9.17) is 0 Å². The first kappa shape index (κ1) is 84.1. The highest BCUT2D eigenvalue weighted by atomic mass is 14.9. The van der Waals surface area contributed by atoms with E-state index in [1.807, 2.05) is 326 Å². The Hall–Kier alpha value is -15.9. The number of nitrogens with zero attached hydrogens (tertiary/aromatic N) is 15. The smallest absolute Gasteiger partial charge is 0.160 e. The summed E-state index contributed by atoms with van der Waals surface area (Å²) in [5, 5.41) is 4.97. The van der Waals surface area contributed by atoms with Crippen LogP contribution in [-0.2, 0) is 0 Å². The van der Waals surface area contributed by atoms with E-state index >= 15 is 0 Å². The van der Waals surface area contributed by atoms with Crippen LogP contribution in [0.5, 0.6) is 0 Å². The minimum Gasteiger partial charge on any atom is -0.264 e. The standard InChI is InChI=1S/3C17H14N2.C15H12N4.C11H10N2.3C10H9N/c1-13-10-14(16-6-2-4-8-18-16)12-15(11-13)17-7-3-5-9-19-17;1-13-18-16(14-8-4-2-5-9-14)12-17(19-13)15-10-6-3-7-11-15;1-13-12-16(14-8-4-2-5-9-14)19-17(18-13)15-10-6-3-7-11-15;1-11-18-14(12-6-2-4-8-16-12)10-15(19-11)13-7-3-5-9-17-13;1-9-12-8-7-11(13-9)10-5-3-2-4-6-10;1-8-6-11-7-9-4-2-3-5-10(8)9;1-8-6-9-4-2-3-5-10(9)11-7-8;1-8-6-7-11-10-5-3-2-4-9(8)10/h3*2-12H,1H3;2-10H,1H3;2-8H,1H3;3*2-7H,1H3. The van der Waals surface area contributed by atoms with Gasteiger partial charge in [-0.2, -0.15) is 0 Å². The largest absolute Gasteiger partial charge is 0.264 e. The molecule has 9 aromatic carbocycles. The number of hydrogen-bond donors (Lipinski definition) is 0. The molecule has 11 heterocycles. The second-order valence-electron chi connectivity index (χ2n) is 28.4. The fourth-order valence-electron chi connectivity index (χ4n) is 13.0. The fraction of sp³-hybridized carbons (Fsp3) is 0.0748. The van der Waals surface area contributed by atoms with Crippen LogP contribution in [0.25, 0.3) is 134 Å². The van der Waals surface area contributed by atoms with Crippen LogP contribution < -0.4 is 0 Å². The third-order valence-corrected chi connectivity index (χ3v) is 18.9. The third-order valence-electron chi connectivity index (χ3n) is 18.9. The highest BCUT2D eigenvalue weighted by Crippen LogP contribution is 2.29. The van der Waals surface area contributed by atoms with Gasteiger partial charge in [0.25, 0.3) is 0 Å². The van der Waals surface area contributed by atoms with Crippen LogP contribution >= 0.6 is 0 Å². The lowest BCUT2D eigenvalue weighted by Crippen LogP contribution is -1.96. The lowest BCUT2D eigenvalue weighted by atomic mass is 10.0. The molecule has 122 heavy (non-hydrogen) atoms. The molecule has 0 radical (unpaired) electrons. The zero-order valence-electron chi connectivity index (χ0n) is 69.4. The van der Waals surface area contributed by atoms with Crippen LogP contribution in [0.4, 0.5) is 0 Å². The summed E-state index contributed by atoms with van der Waals surface area (Å²) in [6, 6.07) is 117. The van der Waals surface area contributed by atoms with Crippen molar-refractivity contribution >= 4 is 32.6 Å². The number of aryl methyl sites for hydroxylation is 8. The van der Waals surface area contributed by atoms with E-state index in [1.165, 1.54) is 43.8 Å². The summed E-state index contributed by atoms with van der Waals surface area (Å²) >= 11 is 0. The van der Waals surface area contributed by atoms with Crippen LogP contribution in [0.1, 0.15) is 45.4 Å². The monoisotopic (exact) mass is 1590 g/mol. The number of rotatable bonds is 9. The molecule has 0 saturated carbocycles. The first-order valence-corrected chi connectivity index (χ1v) is 40.1. The second kappa shape index (κ2) is 43.4. The average Bonchev–Trinajstić information content (AvgIpc) is 0.854. The van der Waals surface area contributed by atoms with Crippen LogP contribution in [0.3, 0.4) is 0 Å². The Morgan fingerprint density at radius 3 is 1.09 bits per heavy atom. The molecule has 11 aromatic heterocycles. The van der Waals surface area contributed by atoms with Crippen molar-refractivity contribution in [2.45, 2.75) is 55.4 Å². The number of hydrogen-bond acceptors (Lipinski definition) is 15. The van der Waals surface area contributed by atoms with Crippen LogP contribution in [0, 0.1) is 55.4 Å². The average molecular weight is 1590 g/mol. The first-order chi connectivity index (χ1) is 59.8. The number of benzene rings is 9. The quantitative estimate of drug-likeness (QED) is 0.132. The summed E-state index contributed by atoms with van der Waals surface area (Å²) in [5.74, 6) is 3.09. The third kappa shape index (κ3) is 24.6. The van der Waals surface area contributed by atoms with Crippen molar-refractivity contribution in [3.63, 3.8) is 0 Å². The van der Waals surface area contributed by atoms with E-state index < -0.39 is 0 Å². The minimum absolute atomic E-state index is 0.712. The molecule has 15 nitrogen and oxygen atoms in total. The molecule has 0 amide bonds. The normalized spacial score (nSPS) is 10.3. The number of fused-ring (bicyclic) bond motifs is 3. The molecule has 20 aromatic rings. The van der Waals surface area contributed by atoms with Gasteiger partial charge in [0, 0.05) is 117 Å². The predicted octanol–water partition coefficient (Wildman–Crippen LogP) is 25.3. The zero-order chi connectivity index (χ0) is 84.5. The SMILES string of the molecule is Cc1cc(-c2ccccc2)nc(-c2ccccc2)n1.Cc1cc(-c2ccccn2)cc(-c2ccccn2)c1.Cc1ccnc2ccccc12.Cc1cnc2ccccc2c1.Cc1cncc2ccccc12.Cc1nc(-c2ccccc2)cc(-c2ccccc2)n1.Cc1nc(-c2ccccn2)cc(-c2ccccn2)n1.Cc1nccc(-c2ccccc2)n1. The Morgan fingerprint density at radius 2 is 0.598 bits per heavy atom. The van der Waals surface area contributed by atoms with Crippen molar-refractivity contribution in [2.75, 3.05) is 0 Å². The van der Waals surface area contributed by atoms with Crippen LogP contribution in [0.2, 0.25) is 0 Å². The van der Waals surface area contributed by atoms with Crippen molar-refractivity contribution in [2.24, 2.45) is 0 Å². The van der Waals surface area contributed by atoms with Gasteiger partial charge >= 0.3 is 0 Å². The topological polar surface area (TPSA) is 193 Å². The van der Waals surface area contributed by atoms with Gasteiger partial charge in [-0.05, 0) is 198 Å². The first-order valence-electron chi connectivity index (χ1n) is 40.1. The van der Waals surface area contributed by atoms with E-state index in [1.54, 1.807) is 18.6 Å². The Kier molecular flexibility index (Phi) is 29.9. The molecule has 0 saturated heterocycles. The molecule has 0 N–H and O–H groups in total. The highest BCUT2D eigenvalue weighted by Gasteiger charge is 2.12. The maximum atomic E-state index is 4.66. The molecule has 0 atom stereocenters. The summed E-state index contributed by atoms with van der Waals surface area (Å²) in [4.78, 5) is 65.5. The summed E-state index contributed by atoms with van der Waals surface area (Å²) < 4.78 is 0. The van der Waals surface area contributed by atoms with Crippen molar-refractivity contribution in [3.05, 3.63) is 453 Å². The molecule has 0 aliphatic heterocycles. The van der Waals surface area contributed by atoms with Crippen LogP contribution in [0.15, 0.2) is 408 Å². The minimum atomic E-state index is 0.712. The van der Waals surface area contributed by atoms with Gasteiger partial charge in [0.1, 0.15) is 17.5 Å². The molecule has 0 fully saturated rings. The van der Waals surface area contributed by atoms with Gasteiger partial charge in [-0.15, -0.1) is 0 Å². The molecule has 0 bridgehead atoms. The van der Waals surface area contributed by atoms with Crippen molar-refractivity contribution < 1.29 is 0 Å². The Bertz CT molecular complexity index is 5820. The Balaban J connectivity index is 0.000000121. The van der Waals surface area contributed by atoms with Crippen molar-refractivity contribution in [3.8, 4) is 102 Å². The fourth-order valence-corrected chi connectivity index (χ4v) is 13.0. The Labute approximate surface area is 713 Å². The lowest BCUT2D eigenvalue weighted by Gasteiger charge is -2.07. The summed E-state index contributed by atoms with van der Waals surface area (Å²) in [6.45, 7) is 16.0. The highest BCUT2D eigenvalue weighted by molar-refractivity contribution is 5.85. The zero-order valence-corrected chi connectivity index (χ0v) is 69.4. The summed E-state index contributed by atoms with van der Waals surface area (Å²) in [7, 11) is 0.